The predicted octanol–water partition coefficient (Wildman–Crippen LogP) is 2.02. The van der Waals surface area contributed by atoms with Gasteiger partial charge in [-0.1, -0.05) is 12.1 Å². The molecule has 4 heteroatoms. The van der Waals surface area contributed by atoms with E-state index >= 15 is 0 Å². The van der Waals surface area contributed by atoms with Crippen molar-refractivity contribution in [1.29, 1.82) is 0 Å². The summed E-state index contributed by atoms with van der Waals surface area (Å²) in [4.78, 5) is 10.1. The maximum absolute atomic E-state index is 10.7. The van der Waals surface area contributed by atoms with Gasteiger partial charge in [-0.25, -0.2) is 0 Å². The van der Waals surface area contributed by atoms with Crippen molar-refractivity contribution in [3.05, 3.63) is 34.4 Å². The second kappa shape index (κ2) is 3.12. The van der Waals surface area contributed by atoms with Crippen LogP contribution in [0.2, 0.25) is 0 Å². The first-order valence-electron chi connectivity index (χ1n) is 3.09. The first kappa shape index (κ1) is 7.68. The zero-order valence-electron chi connectivity index (χ0n) is 6.02. The number of nitrogens with zero attached hydrogens (tertiary/aromatic N) is 2. The summed E-state index contributed by atoms with van der Waals surface area (Å²) in [5, 5.41) is 14.1. The number of anilines is 1. The minimum Gasteiger partial charge on any atom is -0.758 e. The highest BCUT2D eigenvalue weighted by Crippen LogP contribution is 2.25. The molecule has 1 rings (SSSR count). The van der Waals surface area contributed by atoms with E-state index in [0.29, 0.717) is 10.8 Å². The smallest absolute Gasteiger partial charge is 0.130 e. The van der Waals surface area contributed by atoms with E-state index in [-0.39, 0.29) is 5.69 Å². The van der Waals surface area contributed by atoms with Crippen LogP contribution in [0.25, 0.3) is 0 Å². The van der Waals surface area contributed by atoms with E-state index in [1.807, 2.05) is 0 Å². The molecule has 0 amide bonds. The van der Waals surface area contributed by atoms with E-state index in [1.54, 1.807) is 18.2 Å². The second-order valence-corrected chi connectivity index (χ2v) is 2.08. The zero-order valence-corrected chi connectivity index (χ0v) is 6.02. The lowest BCUT2D eigenvalue weighted by Crippen LogP contribution is -2.05. The highest BCUT2D eigenvalue weighted by molar-refractivity contribution is 5.66. The third kappa shape index (κ3) is 1.53. The van der Waals surface area contributed by atoms with E-state index in [1.165, 1.54) is 13.1 Å². The summed E-state index contributed by atoms with van der Waals surface area (Å²) >= 11 is 0. The molecular formula is C7H7N2O2-. The Morgan fingerprint density at radius 1 is 1.45 bits per heavy atom. The van der Waals surface area contributed by atoms with Gasteiger partial charge in [0.2, 0.25) is 0 Å². The Morgan fingerprint density at radius 3 is 2.55 bits per heavy atom. The van der Waals surface area contributed by atoms with Crippen LogP contribution in [-0.2, 0) is 0 Å². The molecule has 4 nitrogen and oxygen atoms in total. The van der Waals surface area contributed by atoms with Crippen LogP contribution >= 0.6 is 0 Å². The number of hydrogen-bond acceptors (Lipinski definition) is 4. The van der Waals surface area contributed by atoms with Crippen LogP contribution in [0, 0.1) is 10.1 Å². The molecular weight excluding hydrogens is 144 g/mol. The average molecular weight is 151 g/mol. The van der Waals surface area contributed by atoms with E-state index in [4.69, 9.17) is 0 Å². The largest absolute Gasteiger partial charge is 0.758 e. The molecule has 0 aliphatic rings. The first-order valence-corrected chi connectivity index (χ1v) is 3.09. The fraction of sp³-hybridized carbons (Fsp3) is 0.143. The Labute approximate surface area is 64.0 Å². The standard InChI is InChI=1S/C7H7N2O2/c1-9(11)7-5-3-2-4-6(7)8-10/h2-5H,1H3/q-1. The fourth-order valence-electron chi connectivity index (χ4n) is 0.808. The van der Waals surface area contributed by atoms with Crippen LogP contribution in [0.15, 0.2) is 29.4 Å². The molecule has 58 valence electrons. The number of hydroxylamine groups is 1. The van der Waals surface area contributed by atoms with Gasteiger partial charge in [-0.2, -0.15) is 0 Å². The number of nitroso groups, excluding NO2 is 1. The minimum absolute atomic E-state index is 0.171. The van der Waals surface area contributed by atoms with Gasteiger partial charge < -0.3 is 10.3 Å². The predicted molar refractivity (Wildman–Crippen MR) is 43.7 cm³/mol. The molecule has 0 aliphatic carbocycles. The van der Waals surface area contributed by atoms with Crippen molar-refractivity contribution >= 4 is 11.4 Å². The third-order valence-corrected chi connectivity index (χ3v) is 1.32. The highest BCUT2D eigenvalue weighted by atomic mass is 16.5. The van der Waals surface area contributed by atoms with Crippen molar-refractivity contribution in [2.24, 2.45) is 5.18 Å². The lowest BCUT2D eigenvalue weighted by atomic mass is 10.3. The van der Waals surface area contributed by atoms with Crippen LogP contribution in [0.5, 0.6) is 0 Å². The number of hydrogen-bond donors (Lipinski definition) is 0. The van der Waals surface area contributed by atoms with Crippen LogP contribution in [0.3, 0.4) is 0 Å². The number of rotatable bonds is 2. The molecule has 0 N–H and O–H groups in total. The summed E-state index contributed by atoms with van der Waals surface area (Å²) in [7, 11) is 1.32. The summed E-state index contributed by atoms with van der Waals surface area (Å²) in [6.07, 6.45) is 0. The van der Waals surface area contributed by atoms with E-state index in [0.717, 1.165) is 0 Å². The minimum atomic E-state index is 0.171. The third-order valence-electron chi connectivity index (χ3n) is 1.32. The van der Waals surface area contributed by atoms with Crippen molar-refractivity contribution in [3.8, 4) is 0 Å². The maximum atomic E-state index is 10.7. The summed E-state index contributed by atoms with van der Waals surface area (Å²) in [6, 6.07) is 6.38. The molecule has 0 heterocycles. The van der Waals surface area contributed by atoms with Gasteiger partial charge in [-0.05, 0) is 24.4 Å². The van der Waals surface area contributed by atoms with Gasteiger partial charge in [0.25, 0.3) is 0 Å². The van der Waals surface area contributed by atoms with Gasteiger partial charge in [0, 0.05) is 0 Å². The molecule has 1 aromatic carbocycles. The van der Waals surface area contributed by atoms with Crippen molar-refractivity contribution in [1.82, 2.24) is 0 Å². The summed E-state index contributed by atoms with van der Waals surface area (Å²) < 4.78 is 0. The average Bonchev–Trinajstić information content (AvgIpc) is 2.04. The van der Waals surface area contributed by atoms with Gasteiger partial charge in [0.05, 0.1) is 5.69 Å². The molecule has 0 fully saturated rings. The monoisotopic (exact) mass is 151 g/mol. The van der Waals surface area contributed by atoms with Crippen LogP contribution in [0.4, 0.5) is 11.4 Å². The second-order valence-electron chi connectivity index (χ2n) is 2.08. The van der Waals surface area contributed by atoms with E-state index < -0.39 is 0 Å². The van der Waals surface area contributed by atoms with Crippen LogP contribution in [-0.4, -0.2) is 7.05 Å². The van der Waals surface area contributed by atoms with Crippen molar-refractivity contribution in [2.75, 3.05) is 12.1 Å². The van der Waals surface area contributed by atoms with Gasteiger partial charge in [-0.15, -0.1) is 4.91 Å². The first-order chi connectivity index (χ1) is 5.25. The van der Waals surface area contributed by atoms with Crippen molar-refractivity contribution in [3.63, 3.8) is 0 Å². The van der Waals surface area contributed by atoms with E-state index in [2.05, 4.69) is 5.18 Å². The lowest BCUT2D eigenvalue weighted by Gasteiger charge is -2.24. The summed E-state index contributed by atoms with van der Waals surface area (Å²) in [6.45, 7) is 0. The Hall–Kier alpha value is -1.42. The molecule has 0 saturated heterocycles. The van der Waals surface area contributed by atoms with Crippen LogP contribution < -0.4 is 5.06 Å². The maximum Gasteiger partial charge on any atom is 0.130 e. The molecule has 0 saturated carbocycles. The molecule has 0 bridgehead atoms. The Kier molecular flexibility index (Phi) is 2.18. The molecule has 0 spiro atoms. The SMILES string of the molecule is CN([O-])c1ccccc1N=O. The lowest BCUT2D eigenvalue weighted by molar-refractivity contribution is 1.21. The Morgan fingerprint density at radius 2 is 2.09 bits per heavy atom. The number of para-hydroxylation sites is 1. The van der Waals surface area contributed by atoms with Gasteiger partial charge in [-0.3, -0.25) is 0 Å². The van der Waals surface area contributed by atoms with Gasteiger partial charge >= 0.3 is 0 Å². The quantitative estimate of drug-likeness (QED) is 0.480. The molecule has 0 radical (unpaired) electrons. The van der Waals surface area contributed by atoms with Crippen LogP contribution in [0.1, 0.15) is 0 Å². The molecule has 0 aromatic heterocycles. The van der Waals surface area contributed by atoms with E-state index in [9.17, 15) is 10.1 Å². The normalized spacial score (nSPS) is 9.27. The van der Waals surface area contributed by atoms with Crippen molar-refractivity contribution in [2.45, 2.75) is 0 Å². The Balaban J connectivity index is 3.12. The Bertz CT molecular complexity index is 260. The highest BCUT2D eigenvalue weighted by Gasteiger charge is 1.98. The fourth-order valence-corrected chi connectivity index (χ4v) is 0.808. The molecule has 11 heavy (non-hydrogen) atoms. The molecule has 0 atom stereocenters. The molecule has 1 aromatic rings. The zero-order chi connectivity index (χ0) is 8.27. The van der Waals surface area contributed by atoms with Gasteiger partial charge in [0.15, 0.2) is 0 Å². The summed E-state index contributed by atoms with van der Waals surface area (Å²) in [5.41, 5.74) is 0.465. The molecule has 0 unspecified atom stereocenters. The number of benzene rings is 1. The topological polar surface area (TPSA) is 55.7 Å². The van der Waals surface area contributed by atoms with Gasteiger partial charge in [0.1, 0.15) is 5.69 Å². The summed E-state index contributed by atoms with van der Waals surface area (Å²) in [5.74, 6) is 0. The molecule has 0 aliphatic heterocycles. The van der Waals surface area contributed by atoms with Crippen molar-refractivity contribution < 1.29 is 0 Å².